The largest absolute Gasteiger partial charge is 0.339 e. The Hall–Kier alpha value is -1.60. The second-order valence-corrected chi connectivity index (χ2v) is 9.50. The Morgan fingerprint density at radius 2 is 1.71 bits per heavy atom. The molecule has 28 heavy (non-hydrogen) atoms. The average molecular weight is 441 g/mol. The summed E-state index contributed by atoms with van der Waals surface area (Å²) in [5.74, 6) is -0.198. The van der Waals surface area contributed by atoms with E-state index in [1.54, 1.807) is 42.5 Å². The molecule has 0 aromatic heterocycles. The molecular formula is C20H22Cl2N2O3S. The Labute approximate surface area is 175 Å². The molecule has 0 aliphatic carbocycles. The molecular weight excluding hydrogens is 419 g/mol. The van der Waals surface area contributed by atoms with E-state index in [1.165, 1.54) is 0 Å². The number of carbonyl (C=O) groups is 1. The van der Waals surface area contributed by atoms with E-state index in [1.807, 2.05) is 4.90 Å². The van der Waals surface area contributed by atoms with Crippen LogP contribution in [0.4, 0.5) is 0 Å². The van der Waals surface area contributed by atoms with Crippen LogP contribution in [-0.4, -0.2) is 32.3 Å². The summed E-state index contributed by atoms with van der Waals surface area (Å²) in [4.78, 5) is 14.5. The number of nitrogens with one attached hydrogen (secondary N) is 1. The molecule has 1 aliphatic rings. The van der Waals surface area contributed by atoms with Crippen molar-refractivity contribution in [2.75, 3.05) is 13.1 Å². The minimum atomic E-state index is -3.56. The lowest BCUT2D eigenvalue weighted by molar-refractivity contribution is 0.0724. The summed E-state index contributed by atoms with van der Waals surface area (Å²) < 4.78 is 27.3. The second kappa shape index (κ2) is 9.27. The summed E-state index contributed by atoms with van der Waals surface area (Å²) in [6.45, 7) is 1.67. The van der Waals surface area contributed by atoms with Crippen molar-refractivity contribution in [3.8, 4) is 0 Å². The van der Waals surface area contributed by atoms with Gasteiger partial charge in [0.2, 0.25) is 10.0 Å². The third kappa shape index (κ3) is 5.70. The third-order valence-electron chi connectivity index (χ3n) is 4.65. The molecule has 0 radical (unpaired) electrons. The Balaban J connectivity index is 1.63. The molecule has 8 heteroatoms. The molecule has 2 aromatic rings. The maximum absolute atomic E-state index is 12.6. The van der Waals surface area contributed by atoms with Gasteiger partial charge in [-0.3, -0.25) is 4.79 Å². The lowest BCUT2D eigenvalue weighted by atomic mass is 10.1. The number of piperidine rings is 1. The summed E-state index contributed by atoms with van der Waals surface area (Å²) in [7, 11) is -3.56. The molecule has 1 aliphatic heterocycles. The number of rotatable bonds is 6. The van der Waals surface area contributed by atoms with Gasteiger partial charge in [0.05, 0.1) is 15.8 Å². The molecule has 5 nitrogen and oxygen atoms in total. The first-order chi connectivity index (χ1) is 13.3. The fourth-order valence-electron chi connectivity index (χ4n) is 3.19. The zero-order valence-corrected chi connectivity index (χ0v) is 17.7. The molecule has 1 amide bonds. The number of nitrogens with zero attached hydrogens (tertiary/aromatic N) is 1. The van der Waals surface area contributed by atoms with E-state index < -0.39 is 10.0 Å². The number of sulfonamides is 1. The molecule has 1 saturated heterocycles. The van der Waals surface area contributed by atoms with Crippen molar-refractivity contribution in [1.82, 2.24) is 9.62 Å². The zero-order chi connectivity index (χ0) is 20.1. The molecule has 0 saturated carbocycles. The van der Waals surface area contributed by atoms with Crippen LogP contribution in [-0.2, 0) is 22.3 Å². The predicted molar refractivity (Wildman–Crippen MR) is 112 cm³/mol. The van der Waals surface area contributed by atoms with Gasteiger partial charge in [0.25, 0.3) is 5.91 Å². The normalized spacial score (nSPS) is 14.9. The van der Waals surface area contributed by atoms with Crippen LogP contribution in [0.1, 0.15) is 40.7 Å². The molecule has 0 spiro atoms. The smallest absolute Gasteiger partial charge is 0.253 e. The number of hydrogen-bond donors (Lipinski definition) is 1. The van der Waals surface area contributed by atoms with Crippen LogP contribution in [0.2, 0.25) is 10.0 Å². The van der Waals surface area contributed by atoms with E-state index in [-0.39, 0.29) is 18.2 Å². The van der Waals surface area contributed by atoms with Crippen LogP contribution < -0.4 is 4.72 Å². The lowest BCUT2D eigenvalue weighted by Crippen LogP contribution is -2.35. The molecule has 0 atom stereocenters. The minimum Gasteiger partial charge on any atom is -0.339 e. The standard InChI is InChI=1S/C20H22Cl2N2O3S/c21-18-8-7-16(12-19(18)22)14-28(26,27)23-13-15-5-4-6-17(11-15)20(25)24-9-2-1-3-10-24/h4-8,11-12,23H,1-3,9-10,13-14H2. The molecule has 0 bridgehead atoms. The van der Waals surface area contributed by atoms with Crippen LogP contribution >= 0.6 is 23.2 Å². The summed E-state index contributed by atoms with van der Waals surface area (Å²) in [6.07, 6.45) is 3.21. The van der Waals surface area contributed by atoms with Gasteiger partial charge in [-0.15, -0.1) is 0 Å². The van der Waals surface area contributed by atoms with Crippen LogP contribution in [0, 0.1) is 0 Å². The van der Waals surface area contributed by atoms with Crippen LogP contribution in [0.3, 0.4) is 0 Å². The van der Waals surface area contributed by atoms with Gasteiger partial charge in [-0.25, -0.2) is 13.1 Å². The lowest BCUT2D eigenvalue weighted by Gasteiger charge is -2.26. The Morgan fingerprint density at radius 3 is 2.43 bits per heavy atom. The van der Waals surface area contributed by atoms with E-state index in [0.717, 1.165) is 37.9 Å². The molecule has 150 valence electrons. The molecule has 1 heterocycles. The predicted octanol–water partition coefficient (Wildman–Crippen LogP) is 4.24. The van der Waals surface area contributed by atoms with Gasteiger partial charge in [-0.05, 0) is 54.7 Å². The van der Waals surface area contributed by atoms with Gasteiger partial charge in [-0.1, -0.05) is 41.4 Å². The van der Waals surface area contributed by atoms with Crippen molar-refractivity contribution in [2.45, 2.75) is 31.6 Å². The van der Waals surface area contributed by atoms with Gasteiger partial charge >= 0.3 is 0 Å². The highest BCUT2D eigenvalue weighted by Crippen LogP contribution is 2.23. The maximum atomic E-state index is 12.6. The highest BCUT2D eigenvalue weighted by atomic mass is 35.5. The van der Waals surface area contributed by atoms with Crippen molar-refractivity contribution >= 4 is 39.1 Å². The average Bonchev–Trinajstić information content (AvgIpc) is 2.69. The van der Waals surface area contributed by atoms with Crippen LogP contribution in [0.5, 0.6) is 0 Å². The Bertz CT molecular complexity index is 958. The van der Waals surface area contributed by atoms with Crippen molar-refractivity contribution in [3.63, 3.8) is 0 Å². The monoisotopic (exact) mass is 440 g/mol. The quantitative estimate of drug-likeness (QED) is 0.730. The first kappa shape index (κ1) is 21.1. The number of hydrogen-bond acceptors (Lipinski definition) is 3. The molecule has 1 fully saturated rings. The molecule has 3 rings (SSSR count). The Kier molecular flexibility index (Phi) is 6.99. The van der Waals surface area contributed by atoms with E-state index in [2.05, 4.69) is 4.72 Å². The van der Waals surface area contributed by atoms with Gasteiger partial charge in [0, 0.05) is 25.2 Å². The summed E-state index contributed by atoms with van der Waals surface area (Å²) in [6, 6.07) is 11.8. The maximum Gasteiger partial charge on any atom is 0.253 e. The zero-order valence-electron chi connectivity index (χ0n) is 15.3. The van der Waals surface area contributed by atoms with E-state index in [0.29, 0.717) is 21.2 Å². The molecule has 2 aromatic carbocycles. The number of likely N-dealkylation sites (tertiary alicyclic amines) is 1. The Morgan fingerprint density at radius 1 is 0.964 bits per heavy atom. The van der Waals surface area contributed by atoms with Crippen LogP contribution in [0.15, 0.2) is 42.5 Å². The topological polar surface area (TPSA) is 66.5 Å². The van der Waals surface area contributed by atoms with Crippen molar-refractivity contribution in [2.24, 2.45) is 0 Å². The minimum absolute atomic E-state index is 0.000197. The van der Waals surface area contributed by atoms with Gasteiger partial charge in [-0.2, -0.15) is 0 Å². The number of carbonyl (C=O) groups excluding carboxylic acids is 1. The van der Waals surface area contributed by atoms with Gasteiger partial charge < -0.3 is 4.90 Å². The molecule has 0 unspecified atom stereocenters. The van der Waals surface area contributed by atoms with Gasteiger partial charge in [0.15, 0.2) is 0 Å². The second-order valence-electron chi connectivity index (χ2n) is 6.88. The first-order valence-corrected chi connectivity index (χ1v) is 11.5. The summed E-state index contributed by atoms with van der Waals surface area (Å²) >= 11 is 11.8. The SMILES string of the molecule is O=C(c1cccc(CNS(=O)(=O)Cc2ccc(Cl)c(Cl)c2)c1)N1CCCCC1. The molecule has 1 N–H and O–H groups in total. The van der Waals surface area contributed by atoms with Crippen molar-refractivity contribution < 1.29 is 13.2 Å². The van der Waals surface area contributed by atoms with E-state index >= 15 is 0 Å². The summed E-state index contributed by atoms with van der Waals surface area (Å²) in [5.41, 5.74) is 1.87. The fraction of sp³-hybridized carbons (Fsp3) is 0.350. The van der Waals surface area contributed by atoms with Crippen LogP contribution in [0.25, 0.3) is 0 Å². The van der Waals surface area contributed by atoms with Gasteiger partial charge in [0.1, 0.15) is 0 Å². The number of amides is 1. The number of halogens is 2. The highest BCUT2D eigenvalue weighted by molar-refractivity contribution is 7.88. The first-order valence-electron chi connectivity index (χ1n) is 9.13. The van der Waals surface area contributed by atoms with E-state index in [9.17, 15) is 13.2 Å². The fourth-order valence-corrected chi connectivity index (χ4v) is 4.61. The van der Waals surface area contributed by atoms with Crippen molar-refractivity contribution in [1.29, 1.82) is 0 Å². The van der Waals surface area contributed by atoms with E-state index in [4.69, 9.17) is 23.2 Å². The summed E-state index contributed by atoms with van der Waals surface area (Å²) in [5, 5.41) is 0.698. The van der Waals surface area contributed by atoms with Crippen molar-refractivity contribution in [3.05, 3.63) is 69.2 Å². The number of benzene rings is 2. The third-order valence-corrected chi connectivity index (χ3v) is 6.69. The highest BCUT2D eigenvalue weighted by Gasteiger charge is 2.18.